The van der Waals surface area contributed by atoms with Gasteiger partial charge < -0.3 is 24.3 Å². The number of nitrogens with one attached hydrogen (secondary N) is 1. The Morgan fingerprint density at radius 3 is 2.96 bits per heavy atom. The van der Waals surface area contributed by atoms with E-state index in [0.717, 1.165) is 12.4 Å². The molecular formula is C17H20N4O3. The third-order valence-corrected chi connectivity index (χ3v) is 4.47. The molecule has 2 atom stereocenters. The van der Waals surface area contributed by atoms with Crippen LogP contribution in [0.4, 0.5) is 0 Å². The number of aromatic nitrogens is 2. The van der Waals surface area contributed by atoms with E-state index in [4.69, 9.17) is 9.47 Å². The average Bonchev–Trinajstić information content (AvgIpc) is 3.06. The lowest BCUT2D eigenvalue weighted by Crippen LogP contribution is -2.54. The third kappa shape index (κ3) is 2.60. The second kappa shape index (κ2) is 6.16. The number of carbonyl (C=O) groups excluding carboxylic acids is 1. The molecule has 1 aromatic carbocycles. The molecule has 1 aromatic heterocycles. The minimum Gasteiger partial charge on any atom is -0.485 e. The number of hydrogen-bond donors (Lipinski definition) is 1. The first kappa shape index (κ1) is 15.0. The third-order valence-electron chi connectivity index (χ3n) is 4.47. The van der Waals surface area contributed by atoms with E-state index in [-0.39, 0.29) is 18.6 Å². The van der Waals surface area contributed by atoms with E-state index in [2.05, 4.69) is 10.3 Å². The Bertz CT molecular complexity index is 745. The van der Waals surface area contributed by atoms with Crippen LogP contribution in [0.5, 0.6) is 11.5 Å². The van der Waals surface area contributed by atoms with Gasteiger partial charge in [-0.25, -0.2) is 4.98 Å². The number of rotatable bonds is 2. The smallest absolute Gasteiger partial charge is 0.267 e. The van der Waals surface area contributed by atoms with Gasteiger partial charge in [-0.1, -0.05) is 12.1 Å². The second-order valence-electron chi connectivity index (χ2n) is 6.01. The molecule has 0 saturated carbocycles. The molecule has 24 heavy (non-hydrogen) atoms. The summed E-state index contributed by atoms with van der Waals surface area (Å²) in [6.07, 6.45) is 3.02. The number of hydrogen-bond acceptors (Lipinski definition) is 5. The molecular weight excluding hydrogens is 308 g/mol. The van der Waals surface area contributed by atoms with Crippen LogP contribution in [0, 0.1) is 0 Å². The van der Waals surface area contributed by atoms with Crippen molar-refractivity contribution in [2.75, 3.05) is 26.2 Å². The molecule has 7 nitrogen and oxygen atoms in total. The topological polar surface area (TPSA) is 68.6 Å². The molecule has 3 heterocycles. The summed E-state index contributed by atoms with van der Waals surface area (Å²) >= 11 is 0. The molecule has 2 unspecified atom stereocenters. The van der Waals surface area contributed by atoms with Crippen molar-refractivity contribution in [3.05, 3.63) is 42.5 Å². The van der Waals surface area contributed by atoms with Crippen LogP contribution in [0.1, 0.15) is 11.9 Å². The van der Waals surface area contributed by atoms with Crippen LogP contribution in [0.3, 0.4) is 0 Å². The number of para-hydroxylation sites is 2. The summed E-state index contributed by atoms with van der Waals surface area (Å²) in [5.74, 6) is 2.11. The maximum Gasteiger partial charge on any atom is 0.267 e. The van der Waals surface area contributed by atoms with E-state index in [9.17, 15) is 4.79 Å². The minimum atomic E-state index is -0.624. The molecule has 1 saturated heterocycles. The van der Waals surface area contributed by atoms with Gasteiger partial charge >= 0.3 is 0 Å². The Hall–Kier alpha value is -2.54. The van der Waals surface area contributed by atoms with Crippen LogP contribution in [-0.4, -0.2) is 52.7 Å². The fourth-order valence-electron chi connectivity index (χ4n) is 3.22. The van der Waals surface area contributed by atoms with E-state index in [1.54, 1.807) is 6.20 Å². The van der Waals surface area contributed by atoms with Gasteiger partial charge in [0.15, 0.2) is 11.5 Å². The van der Waals surface area contributed by atoms with Crippen molar-refractivity contribution in [3.8, 4) is 11.5 Å². The zero-order valence-electron chi connectivity index (χ0n) is 13.5. The Labute approximate surface area is 140 Å². The summed E-state index contributed by atoms with van der Waals surface area (Å²) in [4.78, 5) is 19.3. The van der Waals surface area contributed by atoms with E-state index in [1.165, 1.54) is 0 Å². The van der Waals surface area contributed by atoms with Gasteiger partial charge in [0, 0.05) is 39.1 Å². The van der Waals surface area contributed by atoms with Gasteiger partial charge in [-0.15, -0.1) is 0 Å². The summed E-state index contributed by atoms with van der Waals surface area (Å²) in [5.41, 5.74) is 0. The number of carbonyl (C=O) groups is 1. The molecule has 7 heteroatoms. The molecule has 0 aliphatic carbocycles. The highest BCUT2D eigenvalue weighted by molar-refractivity contribution is 5.82. The Morgan fingerprint density at radius 2 is 2.17 bits per heavy atom. The second-order valence-corrected chi connectivity index (χ2v) is 6.01. The number of amides is 1. The summed E-state index contributed by atoms with van der Waals surface area (Å²) in [7, 11) is 1.94. The van der Waals surface area contributed by atoms with Crippen LogP contribution in [0.15, 0.2) is 36.7 Å². The van der Waals surface area contributed by atoms with Crippen LogP contribution in [-0.2, 0) is 11.8 Å². The number of ether oxygens (including phenoxy) is 2. The van der Waals surface area contributed by atoms with Gasteiger partial charge in [0.25, 0.3) is 5.91 Å². The van der Waals surface area contributed by atoms with Gasteiger partial charge in [-0.3, -0.25) is 4.79 Å². The van der Waals surface area contributed by atoms with Crippen molar-refractivity contribution in [2.45, 2.75) is 12.1 Å². The normalized spacial score (nSPS) is 23.1. The molecule has 2 aliphatic rings. The molecule has 126 valence electrons. The molecule has 1 amide bonds. The van der Waals surface area contributed by atoms with E-state index < -0.39 is 6.10 Å². The largest absolute Gasteiger partial charge is 0.485 e. The van der Waals surface area contributed by atoms with E-state index in [0.29, 0.717) is 24.6 Å². The summed E-state index contributed by atoms with van der Waals surface area (Å²) < 4.78 is 13.5. The highest BCUT2D eigenvalue weighted by Gasteiger charge is 2.37. The number of benzene rings is 1. The van der Waals surface area contributed by atoms with E-state index >= 15 is 0 Å². The van der Waals surface area contributed by atoms with Crippen LogP contribution in [0.25, 0.3) is 0 Å². The van der Waals surface area contributed by atoms with Crippen LogP contribution < -0.4 is 14.8 Å². The number of aryl methyl sites for hydroxylation is 1. The fraction of sp³-hybridized carbons (Fsp3) is 0.412. The zero-order chi connectivity index (χ0) is 16.5. The number of piperazine rings is 1. The molecule has 0 radical (unpaired) electrons. The highest BCUT2D eigenvalue weighted by Crippen LogP contribution is 2.32. The zero-order valence-corrected chi connectivity index (χ0v) is 13.5. The summed E-state index contributed by atoms with van der Waals surface area (Å²) in [6, 6.07) is 7.32. The maximum absolute atomic E-state index is 13.0. The van der Waals surface area contributed by atoms with Crippen LogP contribution >= 0.6 is 0 Å². The first-order valence-electron chi connectivity index (χ1n) is 8.11. The molecule has 0 bridgehead atoms. The SMILES string of the molecule is Cn1ccnc1C1CNCCN1C(=O)C1COc2ccccc2O1. The van der Waals surface area contributed by atoms with Gasteiger partial charge in [-0.2, -0.15) is 0 Å². The minimum absolute atomic E-state index is 0.0565. The first-order chi connectivity index (χ1) is 11.7. The first-order valence-corrected chi connectivity index (χ1v) is 8.11. The van der Waals surface area contributed by atoms with Crippen molar-refractivity contribution < 1.29 is 14.3 Å². The van der Waals surface area contributed by atoms with Gasteiger partial charge in [0.2, 0.25) is 6.10 Å². The number of nitrogens with zero attached hydrogens (tertiary/aromatic N) is 3. The van der Waals surface area contributed by atoms with Crippen molar-refractivity contribution in [1.29, 1.82) is 0 Å². The Kier molecular flexibility index (Phi) is 3.86. The predicted octanol–water partition coefficient (Wildman–Crippen LogP) is 0.733. The molecule has 2 aromatic rings. The predicted molar refractivity (Wildman–Crippen MR) is 86.9 cm³/mol. The molecule has 1 N–H and O–H groups in total. The number of fused-ring (bicyclic) bond motifs is 1. The molecule has 2 aliphatic heterocycles. The van der Waals surface area contributed by atoms with E-state index in [1.807, 2.05) is 47.0 Å². The summed E-state index contributed by atoms with van der Waals surface area (Å²) in [5, 5.41) is 3.33. The van der Waals surface area contributed by atoms with Crippen LogP contribution in [0.2, 0.25) is 0 Å². The fourth-order valence-corrected chi connectivity index (χ4v) is 3.22. The standard InChI is InChI=1S/C17H20N4O3/c1-20-8-7-19-16(20)12-10-18-6-9-21(12)17(22)15-11-23-13-4-2-3-5-14(13)24-15/h2-5,7-8,12,15,18H,6,9-11H2,1H3. The Morgan fingerprint density at radius 1 is 1.33 bits per heavy atom. The number of imidazole rings is 1. The molecule has 1 fully saturated rings. The average molecular weight is 328 g/mol. The lowest BCUT2D eigenvalue weighted by Gasteiger charge is -2.38. The lowest BCUT2D eigenvalue weighted by atomic mass is 10.1. The van der Waals surface area contributed by atoms with Crippen molar-refractivity contribution in [2.24, 2.45) is 7.05 Å². The quantitative estimate of drug-likeness (QED) is 0.880. The molecule has 4 rings (SSSR count). The Balaban J connectivity index is 1.55. The monoisotopic (exact) mass is 328 g/mol. The summed E-state index contributed by atoms with van der Waals surface area (Å²) in [6.45, 7) is 2.29. The highest BCUT2D eigenvalue weighted by atomic mass is 16.6. The van der Waals surface area contributed by atoms with Gasteiger partial charge in [0.1, 0.15) is 18.5 Å². The van der Waals surface area contributed by atoms with Crippen molar-refractivity contribution in [1.82, 2.24) is 19.8 Å². The van der Waals surface area contributed by atoms with Crippen molar-refractivity contribution in [3.63, 3.8) is 0 Å². The van der Waals surface area contributed by atoms with Gasteiger partial charge in [0.05, 0.1) is 0 Å². The van der Waals surface area contributed by atoms with Gasteiger partial charge in [-0.05, 0) is 12.1 Å². The van der Waals surface area contributed by atoms with Crippen molar-refractivity contribution >= 4 is 5.91 Å². The molecule has 0 spiro atoms. The maximum atomic E-state index is 13.0. The lowest BCUT2D eigenvalue weighted by molar-refractivity contribution is -0.145.